The lowest BCUT2D eigenvalue weighted by Crippen LogP contribution is -2.30. The van der Waals surface area contributed by atoms with Crippen molar-refractivity contribution >= 4 is 0 Å². The monoisotopic (exact) mass is 170 g/mol. The highest BCUT2D eigenvalue weighted by molar-refractivity contribution is 4.71. The Morgan fingerprint density at radius 1 is 1.42 bits per heavy atom. The summed E-state index contributed by atoms with van der Waals surface area (Å²) in [6.07, 6.45) is 5.30. The molecule has 2 N–H and O–H groups in total. The fourth-order valence-electron chi connectivity index (χ4n) is 1.85. The van der Waals surface area contributed by atoms with E-state index in [2.05, 4.69) is 18.9 Å². The van der Waals surface area contributed by atoms with E-state index in [9.17, 15) is 0 Å². The summed E-state index contributed by atoms with van der Waals surface area (Å²) in [5.74, 6) is 0.951. The smallest absolute Gasteiger partial charge is 0.00105 e. The number of hydrogen-bond donors (Lipinski definition) is 1. The lowest BCUT2D eigenvalue weighted by atomic mass is 9.91. The van der Waals surface area contributed by atoms with Gasteiger partial charge in [-0.05, 0) is 58.7 Å². The van der Waals surface area contributed by atoms with Crippen LogP contribution in [0.5, 0.6) is 0 Å². The number of nitrogens with two attached hydrogens (primary N) is 1. The Morgan fingerprint density at radius 3 is 2.50 bits per heavy atom. The molecule has 0 aromatic rings. The summed E-state index contributed by atoms with van der Waals surface area (Å²) < 4.78 is 0. The SMILES string of the molecule is C[C@H](N)CCC1CCN(C)CC1. The molecule has 1 rings (SSSR count). The molecule has 1 aliphatic rings. The molecule has 0 aromatic carbocycles. The second-order valence-corrected chi connectivity index (χ2v) is 4.30. The van der Waals surface area contributed by atoms with E-state index in [1.165, 1.54) is 38.8 Å². The standard InChI is InChI=1S/C10H22N2/c1-9(11)3-4-10-5-7-12(2)8-6-10/h9-10H,3-8,11H2,1-2H3/t9-/m0/s1. The highest BCUT2D eigenvalue weighted by Crippen LogP contribution is 2.21. The molecule has 1 aliphatic heterocycles. The fraction of sp³-hybridized carbons (Fsp3) is 1.00. The fourth-order valence-corrected chi connectivity index (χ4v) is 1.85. The van der Waals surface area contributed by atoms with Gasteiger partial charge in [0.25, 0.3) is 0 Å². The Hall–Kier alpha value is -0.0800. The molecule has 0 saturated carbocycles. The van der Waals surface area contributed by atoms with Gasteiger partial charge in [0.05, 0.1) is 0 Å². The summed E-state index contributed by atoms with van der Waals surface area (Å²) in [6.45, 7) is 4.67. The van der Waals surface area contributed by atoms with Crippen LogP contribution >= 0.6 is 0 Å². The zero-order valence-electron chi connectivity index (χ0n) is 8.42. The Kier molecular flexibility index (Phi) is 4.02. The molecule has 1 saturated heterocycles. The molecule has 0 aliphatic carbocycles. The molecule has 2 nitrogen and oxygen atoms in total. The second-order valence-electron chi connectivity index (χ2n) is 4.30. The highest BCUT2D eigenvalue weighted by Gasteiger charge is 2.16. The minimum Gasteiger partial charge on any atom is -0.328 e. The molecule has 2 heteroatoms. The largest absolute Gasteiger partial charge is 0.328 e. The van der Waals surface area contributed by atoms with Gasteiger partial charge in [-0.1, -0.05) is 0 Å². The van der Waals surface area contributed by atoms with Gasteiger partial charge in [0, 0.05) is 6.04 Å². The van der Waals surface area contributed by atoms with E-state index < -0.39 is 0 Å². The average molecular weight is 170 g/mol. The van der Waals surface area contributed by atoms with Crippen LogP contribution in [0.2, 0.25) is 0 Å². The first-order valence-corrected chi connectivity index (χ1v) is 5.12. The molecule has 0 bridgehead atoms. The average Bonchev–Trinajstić information content (AvgIpc) is 2.03. The van der Waals surface area contributed by atoms with Crippen molar-refractivity contribution in [3.63, 3.8) is 0 Å². The molecular weight excluding hydrogens is 148 g/mol. The van der Waals surface area contributed by atoms with Crippen molar-refractivity contribution in [3.05, 3.63) is 0 Å². The molecule has 0 amide bonds. The Labute approximate surface area is 76.1 Å². The van der Waals surface area contributed by atoms with Crippen LogP contribution < -0.4 is 5.73 Å². The molecule has 0 unspecified atom stereocenters. The quantitative estimate of drug-likeness (QED) is 0.694. The molecule has 72 valence electrons. The van der Waals surface area contributed by atoms with Crippen LogP contribution in [0.25, 0.3) is 0 Å². The maximum Gasteiger partial charge on any atom is 0.00105 e. The van der Waals surface area contributed by atoms with Crippen molar-refractivity contribution < 1.29 is 0 Å². The van der Waals surface area contributed by atoms with E-state index in [4.69, 9.17) is 5.73 Å². The van der Waals surface area contributed by atoms with Crippen molar-refractivity contribution in [1.29, 1.82) is 0 Å². The van der Waals surface area contributed by atoms with E-state index in [0.29, 0.717) is 6.04 Å². The summed E-state index contributed by atoms with van der Waals surface area (Å²) in [5.41, 5.74) is 5.73. The summed E-state index contributed by atoms with van der Waals surface area (Å²) in [4.78, 5) is 2.42. The topological polar surface area (TPSA) is 29.3 Å². The third-order valence-electron chi connectivity index (χ3n) is 2.87. The van der Waals surface area contributed by atoms with E-state index in [-0.39, 0.29) is 0 Å². The van der Waals surface area contributed by atoms with Gasteiger partial charge in [0.15, 0.2) is 0 Å². The van der Waals surface area contributed by atoms with Gasteiger partial charge in [0.1, 0.15) is 0 Å². The van der Waals surface area contributed by atoms with Crippen molar-refractivity contribution in [2.75, 3.05) is 20.1 Å². The third-order valence-corrected chi connectivity index (χ3v) is 2.87. The van der Waals surface area contributed by atoms with Gasteiger partial charge in [-0.25, -0.2) is 0 Å². The molecule has 0 spiro atoms. The van der Waals surface area contributed by atoms with Crippen molar-refractivity contribution in [3.8, 4) is 0 Å². The highest BCUT2D eigenvalue weighted by atomic mass is 15.1. The summed E-state index contributed by atoms with van der Waals surface area (Å²) in [7, 11) is 2.21. The first-order chi connectivity index (χ1) is 5.68. The minimum absolute atomic E-state index is 0.393. The van der Waals surface area contributed by atoms with E-state index >= 15 is 0 Å². The number of hydrogen-bond acceptors (Lipinski definition) is 2. The predicted octanol–water partition coefficient (Wildman–Crippen LogP) is 1.46. The van der Waals surface area contributed by atoms with E-state index in [1.54, 1.807) is 0 Å². The zero-order chi connectivity index (χ0) is 8.97. The van der Waals surface area contributed by atoms with Gasteiger partial charge >= 0.3 is 0 Å². The summed E-state index contributed by atoms with van der Waals surface area (Å²) in [6, 6.07) is 0.393. The Morgan fingerprint density at radius 2 is 2.00 bits per heavy atom. The number of likely N-dealkylation sites (tertiary alicyclic amines) is 1. The van der Waals surface area contributed by atoms with Gasteiger partial charge in [-0.15, -0.1) is 0 Å². The number of rotatable bonds is 3. The predicted molar refractivity (Wildman–Crippen MR) is 53.1 cm³/mol. The van der Waals surface area contributed by atoms with E-state index in [1.807, 2.05) is 0 Å². The number of nitrogens with zero attached hydrogens (tertiary/aromatic N) is 1. The minimum atomic E-state index is 0.393. The lowest BCUT2D eigenvalue weighted by Gasteiger charge is -2.29. The Bertz CT molecular complexity index is 115. The maximum atomic E-state index is 5.73. The lowest BCUT2D eigenvalue weighted by molar-refractivity contribution is 0.208. The molecule has 1 fully saturated rings. The molecule has 0 aromatic heterocycles. The third kappa shape index (κ3) is 3.55. The van der Waals surface area contributed by atoms with Crippen molar-refractivity contribution in [1.82, 2.24) is 4.90 Å². The van der Waals surface area contributed by atoms with Crippen LogP contribution in [-0.4, -0.2) is 31.1 Å². The molecule has 1 atom stereocenters. The van der Waals surface area contributed by atoms with Gasteiger partial charge in [-0.3, -0.25) is 0 Å². The molecule has 0 radical (unpaired) electrons. The van der Waals surface area contributed by atoms with E-state index in [0.717, 1.165) is 5.92 Å². The van der Waals surface area contributed by atoms with Crippen LogP contribution in [-0.2, 0) is 0 Å². The normalized spacial score (nSPS) is 24.2. The summed E-state index contributed by atoms with van der Waals surface area (Å²) >= 11 is 0. The van der Waals surface area contributed by atoms with Gasteiger partial charge in [-0.2, -0.15) is 0 Å². The van der Waals surface area contributed by atoms with Crippen LogP contribution in [0, 0.1) is 5.92 Å². The van der Waals surface area contributed by atoms with Gasteiger partial charge in [0.2, 0.25) is 0 Å². The maximum absolute atomic E-state index is 5.73. The molecular formula is C10H22N2. The van der Waals surface area contributed by atoms with Crippen LogP contribution in [0.4, 0.5) is 0 Å². The molecule has 1 heterocycles. The second kappa shape index (κ2) is 4.83. The van der Waals surface area contributed by atoms with Crippen molar-refractivity contribution in [2.24, 2.45) is 11.7 Å². The first kappa shape index (κ1) is 10.0. The van der Waals surface area contributed by atoms with Gasteiger partial charge < -0.3 is 10.6 Å². The van der Waals surface area contributed by atoms with Crippen molar-refractivity contribution in [2.45, 2.75) is 38.6 Å². The number of piperidine rings is 1. The molecule has 12 heavy (non-hydrogen) atoms. The Balaban J connectivity index is 2.09. The van der Waals surface area contributed by atoms with Crippen LogP contribution in [0.1, 0.15) is 32.6 Å². The first-order valence-electron chi connectivity index (χ1n) is 5.12. The van der Waals surface area contributed by atoms with Crippen LogP contribution in [0.15, 0.2) is 0 Å². The zero-order valence-corrected chi connectivity index (χ0v) is 8.42. The van der Waals surface area contributed by atoms with Crippen LogP contribution in [0.3, 0.4) is 0 Å². The summed E-state index contributed by atoms with van der Waals surface area (Å²) in [5, 5.41) is 0.